The molecule has 82 valence electrons. The van der Waals surface area contributed by atoms with Gasteiger partial charge in [-0.15, -0.1) is 0 Å². The van der Waals surface area contributed by atoms with Crippen molar-refractivity contribution >= 4 is 23.5 Å². The van der Waals surface area contributed by atoms with Crippen molar-refractivity contribution in [1.29, 1.82) is 0 Å². The van der Waals surface area contributed by atoms with Gasteiger partial charge in [-0.2, -0.15) is 0 Å². The van der Waals surface area contributed by atoms with Crippen LogP contribution < -0.4 is 0 Å². The van der Waals surface area contributed by atoms with Gasteiger partial charge in [-0.1, -0.05) is 24.6 Å². The zero-order valence-electron chi connectivity index (χ0n) is 8.74. The highest BCUT2D eigenvalue weighted by molar-refractivity contribution is 6.30. The van der Waals surface area contributed by atoms with Gasteiger partial charge in [0.1, 0.15) is 5.70 Å². The molecule has 4 heteroatoms. The number of benzene rings is 1. The molecular formula is C12H10ClNO2. The van der Waals surface area contributed by atoms with Gasteiger partial charge >= 0.3 is 5.97 Å². The molecule has 0 aromatic heterocycles. The molecule has 0 unspecified atom stereocenters. The predicted molar refractivity (Wildman–Crippen MR) is 62.5 cm³/mol. The number of esters is 1. The van der Waals surface area contributed by atoms with Gasteiger partial charge in [-0.25, -0.2) is 9.79 Å². The number of cyclic esters (lactones) is 1. The third kappa shape index (κ3) is 2.14. The van der Waals surface area contributed by atoms with Crippen molar-refractivity contribution in [3.05, 3.63) is 46.6 Å². The monoisotopic (exact) mass is 235 g/mol. The molecule has 0 bridgehead atoms. The minimum atomic E-state index is -0.396. The quantitative estimate of drug-likeness (QED) is 0.584. The fraction of sp³-hybridized carbons (Fsp3) is 0.167. The molecule has 0 aliphatic carbocycles. The maximum atomic E-state index is 11.4. The van der Waals surface area contributed by atoms with Crippen molar-refractivity contribution in [2.24, 2.45) is 4.99 Å². The van der Waals surface area contributed by atoms with E-state index in [1.165, 1.54) is 0 Å². The first-order valence-corrected chi connectivity index (χ1v) is 5.35. The van der Waals surface area contributed by atoms with Gasteiger partial charge in [-0.3, -0.25) is 0 Å². The summed E-state index contributed by atoms with van der Waals surface area (Å²) in [5.41, 5.74) is 1.12. The Balaban J connectivity index is 2.30. The molecule has 1 aromatic carbocycles. The third-order valence-corrected chi connectivity index (χ3v) is 2.36. The first-order valence-electron chi connectivity index (χ1n) is 4.97. The minimum absolute atomic E-state index is 0.335. The lowest BCUT2D eigenvalue weighted by Crippen LogP contribution is -2.05. The van der Waals surface area contributed by atoms with Crippen LogP contribution in [0.25, 0.3) is 0 Å². The molecule has 0 saturated carbocycles. The Morgan fingerprint density at radius 1 is 1.38 bits per heavy atom. The Kier molecular flexibility index (Phi) is 3.06. The number of ether oxygens (including phenoxy) is 1. The zero-order valence-corrected chi connectivity index (χ0v) is 9.49. The number of hydrogen-bond acceptors (Lipinski definition) is 3. The largest absolute Gasteiger partial charge is 0.402 e. The molecule has 0 spiro atoms. The van der Waals surface area contributed by atoms with Crippen molar-refractivity contribution in [3.63, 3.8) is 0 Å². The number of halogens is 1. The first kappa shape index (κ1) is 10.9. The summed E-state index contributed by atoms with van der Waals surface area (Å²) in [7, 11) is 0. The molecule has 0 fully saturated rings. The normalized spacial score (nSPS) is 17.5. The summed E-state index contributed by atoms with van der Waals surface area (Å²) in [5, 5.41) is 0.637. The van der Waals surface area contributed by atoms with E-state index in [2.05, 4.69) is 4.99 Å². The van der Waals surface area contributed by atoms with Crippen molar-refractivity contribution in [1.82, 2.24) is 0 Å². The molecule has 0 atom stereocenters. The zero-order chi connectivity index (χ0) is 11.5. The van der Waals surface area contributed by atoms with E-state index >= 15 is 0 Å². The lowest BCUT2D eigenvalue weighted by atomic mass is 10.2. The van der Waals surface area contributed by atoms with E-state index in [0.717, 1.165) is 12.0 Å². The van der Waals surface area contributed by atoms with Crippen LogP contribution in [0.2, 0.25) is 5.02 Å². The number of nitrogens with zero attached hydrogens (tertiary/aromatic N) is 1. The maximum absolute atomic E-state index is 11.4. The van der Waals surface area contributed by atoms with Crippen LogP contribution in [0.5, 0.6) is 0 Å². The summed E-state index contributed by atoms with van der Waals surface area (Å²) in [6, 6.07) is 7.00. The minimum Gasteiger partial charge on any atom is -0.402 e. The topological polar surface area (TPSA) is 38.7 Å². The smallest absolute Gasteiger partial charge is 0.363 e. The number of aliphatic imine (C=N–C) groups is 1. The Labute approximate surface area is 98.4 Å². The van der Waals surface area contributed by atoms with Crippen molar-refractivity contribution < 1.29 is 9.53 Å². The molecule has 1 aliphatic rings. The Hall–Kier alpha value is -1.61. The summed E-state index contributed by atoms with van der Waals surface area (Å²) in [4.78, 5) is 15.5. The van der Waals surface area contributed by atoms with Crippen LogP contribution in [0, 0.1) is 0 Å². The summed E-state index contributed by atoms with van der Waals surface area (Å²) >= 11 is 5.77. The molecule has 0 N–H and O–H groups in total. The summed E-state index contributed by atoms with van der Waals surface area (Å²) < 4.78 is 5.05. The van der Waals surface area contributed by atoms with Crippen LogP contribution in [0.3, 0.4) is 0 Å². The average Bonchev–Trinajstić information content (AvgIpc) is 2.62. The SMILES string of the molecule is CC/C=C1\N=C(c2ccc(Cl)cc2)OC1=O. The molecule has 2 rings (SSSR count). The average molecular weight is 236 g/mol. The highest BCUT2D eigenvalue weighted by Gasteiger charge is 2.23. The molecule has 0 amide bonds. The van der Waals surface area contributed by atoms with Crippen molar-refractivity contribution in [2.75, 3.05) is 0 Å². The number of allylic oxidation sites excluding steroid dienone is 1. The number of rotatable bonds is 2. The molecule has 1 aromatic rings. The lowest BCUT2D eigenvalue weighted by molar-refractivity contribution is -0.130. The fourth-order valence-electron chi connectivity index (χ4n) is 1.36. The second-order valence-electron chi connectivity index (χ2n) is 3.31. The molecule has 1 aliphatic heterocycles. The van der Waals surface area contributed by atoms with E-state index < -0.39 is 5.97 Å². The van der Waals surface area contributed by atoms with Crippen LogP contribution in [0.15, 0.2) is 41.0 Å². The highest BCUT2D eigenvalue weighted by Crippen LogP contribution is 2.18. The van der Waals surface area contributed by atoms with E-state index in [1.54, 1.807) is 30.3 Å². The number of carbonyl (C=O) groups excluding carboxylic acids is 1. The first-order chi connectivity index (χ1) is 7.70. The van der Waals surface area contributed by atoms with E-state index in [9.17, 15) is 4.79 Å². The van der Waals surface area contributed by atoms with Crippen LogP contribution in [0.4, 0.5) is 0 Å². The van der Waals surface area contributed by atoms with Gasteiger partial charge in [0.2, 0.25) is 5.90 Å². The van der Waals surface area contributed by atoms with Crippen molar-refractivity contribution in [2.45, 2.75) is 13.3 Å². The second kappa shape index (κ2) is 4.49. The van der Waals surface area contributed by atoms with Crippen LogP contribution in [-0.4, -0.2) is 11.9 Å². The summed E-state index contributed by atoms with van der Waals surface area (Å²) in [5.74, 6) is -0.0619. The third-order valence-electron chi connectivity index (χ3n) is 2.11. The standard InChI is InChI=1S/C12H10ClNO2/c1-2-3-10-12(15)16-11(14-10)8-4-6-9(13)7-5-8/h3-7H,2H2,1H3/b10-3-. The Morgan fingerprint density at radius 2 is 2.06 bits per heavy atom. The van der Waals surface area contributed by atoms with Gasteiger partial charge in [-0.05, 0) is 30.7 Å². The molecule has 0 radical (unpaired) electrons. The van der Waals surface area contributed by atoms with Gasteiger partial charge < -0.3 is 4.74 Å². The maximum Gasteiger partial charge on any atom is 0.363 e. The Morgan fingerprint density at radius 3 is 2.69 bits per heavy atom. The van der Waals surface area contributed by atoms with Crippen LogP contribution in [-0.2, 0) is 9.53 Å². The van der Waals surface area contributed by atoms with Crippen molar-refractivity contribution in [3.8, 4) is 0 Å². The summed E-state index contributed by atoms with van der Waals surface area (Å²) in [6.07, 6.45) is 2.49. The van der Waals surface area contributed by atoms with Gasteiger partial charge in [0.05, 0.1) is 0 Å². The Bertz CT molecular complexity index is 474. The number of carbonyl (C=O) groups is 1. The number of hydrogen-bond donors (Lipinski definition) is 0. The molecule has 16 heavy (non-hydrogen) atoms. The van der Waals surface area contributed by atoms with E-state index in [0.29, 0.717) is 16.6 Å². The van der Waals surface area contributed by atoms with E-state index in [-0.39, 0.29) is 0 Å². The van der Waals surface area contributed by atoms with Crippen LogP contribution >= 0.6 is 11.6 Å². The van der Waals surface area contributed by atoms with E-state index in [4.69, 9.17) is 16.3 Å². The molecular weight excluding hydrogens is 226 g/mol. The molecule has 0 saturated heterocycles. The van der Waals surface area contributed by atoms with Gasteiger partial charge in [0, 0.05) is 10.6 Å². The highest BCUT2D eigenvalue weighted by atomic mass is 35.5. The molecule has 3 nitrogen and oxygen atoms in total. The van der Waals surface area contributed by atoms with Gasteiger partial charge in [0.25, 0.3) is 0 Å². The predicted octanol–water partition coefficient (Wildman–Crippen LogP) is 2.94. The lowest BCUT2D eigenvalue weighted by Gasteiger charge is -1.98. The summed E-state index contributed by atoms with van der Waals surface area (Å²) in [6.45, 7) is 1.94. The molecule has 1 heterocycles. The second-order valence-corrected chi connectivity index (χ2v) is 3.75. The fourth-order valence-corrected chi connectivity index (χ4v) is 1.48. The van der Waals surface area contributed by atoms with Gasteiger partial charge in [0.15, 0.2) is 0 Å². The van der Waals surface area contributed by atoms with E-state index in [1.807, 2.05) is 6.92 Å². The van der Waals surface area contributed by atoms with Crippen LogP contribution in [0.1, 0.15) is 18.9 Å².